The molecule has 6 nitrogen and oxygen atoms in total. The van der Waals surface area contributed by atoms with Crippen LogP contribution in [-0.2, 0) is 0 Å². The largest absolute Gasteiger partial charge is 0.284 e. The first-order valence-electron chi connectivity index (χ1n) is 6.80. The summed E-state index contributed by atoms with van der Waals surface area (Å²) in [5.74, 6) is 0. The van der Waals surface area contributed by atoms with E-state index in [4.69, 9.17) is 0 Å². The Balaban J connectivity index is 2.13. The highest BCUT2D eigenvalue weighted by Crippen LogP contribution is 2.31. The second-order valence-corrected chi connectivity index (χ2v) is 5.98. The Hall–Kier alpha value is -3.06. The van der Waals surface area contributed by atoms with Crippen LogP contribution in [0.4, 0.5) is 5.69 Å². The van der Waals surface area contributed by atoms with Gasteiger partial charge in [-0.3, -0.25) is 19.3 Å². The fraction of sp³-hybridized carbons (Fsp3) is 0. The predicted octanol–water partition coefficient (Wildman–Crippen LogP) is 3.48. The van der Waals surface area contributed by atoms with E-state index in [1.807, 2.05) is 34.7 Å². The molecule has 7 heteroatoms. The molecule has 0 radical (unpaired) electrons. The van der Waals surface area contributed by atoms with Gasteiger partial charge in [0.25, 0.3) is 11.2 Å². The summed E-state index contributed by atoms with van der Waals surface area (Å²) < 4.78 is 2.58. The molecule has 0 saturated carbocycles. The number of aromatic nitrogens is 2. The minimum atomic E-state index is -0.431. The third-order valence-corrected chi connectivity index (χ3v) is 4.57. The summed E-state index contributed by atoms with van der Waals surface area (Å²) in [5.41, 5.74) is 2.10. The maximum atomic E-state index is 11.9. The molecule has 2 aromatic heterocycles. The van der Waals surface area contributed by atoms with Gasteiger partial charge in [0.2, 0.25) is 0 Å². The Morgan fingerprint density at radius 3 is 2.61 bits per heavy atom. The molecule has 0 amide bonds. The standard InChI is InChI=1S/C16H9N3O3S/c20-15-9-13(10-4-2-1-3-5-10)18-12-7-6-11(19(21)22)8-14(12)23-16(18)17-15/h1-9H. The van der Waals surface area contributed by atoms with E-state index in [2.05, 4.69) is 4.98 Å². The van der Waals surface area contributed by atoms with Gasteiger partial charge in [-0.25, -0.2) is 0 Å². The molecule has 0 aliphatic rings. The minimum absolute atomic E-state index is 0.0215. The SMILES string of the molecule is O=c1cc(-c2ccccc2)n2c(n1)sc1cc([N+](=O)[O-])ccc12. The zero-order valence-electron chi connectivity index (χ0n) is 11.7. The average molecular weight is 323 g/mol. The summed E-state index contributed by atoms with van der Waals surface area (Å²) in [6.07, 6.45) is 0. The number of nitro groups is 1. The third kappa shape index (κ3) is 2.18. The van der Waals surface area contributed by atoms with Gasteiger partial charge in [0.1, 0.15) is 0 Å². The van der Waals surface area contributed by atoms with Crippen molar-refractivity contribution in [3.05, 3.63) is 75.1 Å². The molecule has 2 aromatic carbocycles. The van der Waals surface area contributed by atoms with Gasteiger partial charge in [-0.1, -0.05) is 41.7 Å². The summed E-state index contributed by atoms with van der Waals surface area (Å²) in [5, 5.41) is 10.9. The molecule has 0 atom stereocenters. The normalized spacial score (nSPS) is 11.1. The van der Waals surface area contributed by atoms with Crippen molar-refractivity contribution in [2.24, 2.45) is 0 Å². The van der Waals surface area contributed by atoms with Crippen LogP contribution in [0.15, 0.2) is 59.4 Å². The minimum Gasteiger partial charge on any atom is -0.284 e. The second-order valence-electron chi connectivity index (χ2n) is 4.97. The van der Waals surface area contributed by atoms with E-state index in [0.29, 0.717) is 4.96 Å². The van der Waals surface area contributed by atoms with Crippen molar-refractivity contribution in [1.82, 2.24) is 9.38 Å². The van der Waals surface area contributed by atoms with Crippen molar-refractivity contribution < 1.29 is 4.92 Å². The summed E-state index contributed by atoms with van der Waals surface area (Å²) >= 11 is 1.26. The van der Waals surface area contributed by atoms with Gasteiger partial charge >= 0.3 is 0 Å². The smallest absolute Gasteiger partial charge is 0.274 e. The van der Waals surface area contributed by atoms with Crippen molar-refractivity contribution >= 4 is 32.2 Å². The molecule has 0 aliphatic heterocycles. The van der Waals surface area contributed by atoms with Crippen molar-refractivity contribution in [1.29, 1.82) is 0 Å². The van der Waals surface area contributed by atoms with Gasteiger partial charge in [-0.2, -0.15) is 4.98 Å². The van der Waals surface area contributed by atoms with Crippen LogP contribution in [0.25, 0.3) is 26.4 Å². The van der Waals surface area contributed by atoms with Crippen molar-refractivity contribution in [2.45, 2.75) is 0 Å². The van der Waals surface area contributed by atoms with Gasteiger partial charge in [0.15, 0.2) is 4.96 Å². The van der Waals surface area contributed by atoms with Crippen molar-refractivity contribution in [3.63, 3.8) is 0 Å². The molecular formula is C16H9N3O3S. The van der Waals surface area contributed by atoms with Crippen LogP contribution < -0.4 is 5.56 Å². The number of non-ortho nitro benzene ring substituents is 1. The molecule has 0 unspecified atom stereocenters. The van der Waals surface area contributed by atoms with Gasteiger partial charge in [0, 0.05) is 18.2 Å². The molecule has 112 valence electrons. The van der Waals surface area contributed by atoms with Crippen LogP contribution in [0, 0.1) is 10.1 Å². The van der Waals surface area contributed by atoms with Gasteiger partial charge in [-0.15, -0.1) is 0 Å². The molecule has 0 fully saturated rings. The van der Waals surface area contributed by atoms with Crippen LogP contribution in [0.3, 0.4) is 0 Å². The number of hydrogen-bond donors (Lipinski definition) is 0. The highest BCUT2D eigenvalue weighted by molar-refractivity contribution is 7.23. The van der Waals surface area contributed by atoms with Gasteiger partial charge in [0.05, 0.1) is 20.8 Å². The van der Waals surface area contributed by atoms with Crippen molar-refractivity contribution in [3.8, 4) is 11.3 Å². The van der Waals surface area contributed by atoms with Gasteiger partial charge < -0.3 is 0 Å². The fourth-order valence-corrected chi connectivity index (χ4v) is 3.63. The lowest BCUT2D eigenvalue weighted by atomic mass is 10.1. The van der Waals surface area contributed by atoms with E-state index in [9.17, 15) is 14.9 Å². The van der Waals surface area contributed by atoms with Crippen molar-refractivity contribution in [2.75, 3.05) is 0 Å². The molecule has 0 spiro atoms. The Kier molecular flexibility index (Phi) is 2.95. The third-order valence-electron chi connectivity index (χ3n) is 3.56. The van der Waals surface area contributed by atoms with E-state index in [0.717, 1.165) is 21.5 Å². The quantitative estimate of drug-likeness (QED) is 0.418. The molecule has 0 saturated heterocycles. The van der Waals surface area contributed by atoms with Crippen LogP contribution in [0.2, 0.25) is 0 Å². The highest BCUT2D eigenvalue weighted by Gasteiger charge is 2.14. The molecule has 0 aliphatic carbocycles. The topological polar surface area (TPSA) is 77.5 Å². The number of nitro benzene ring substituents is 1. The van der Waals surface area contributed by atoms with E-state index in [1.54, 1.807) is 6.07 Å². The number of fused-ring (bicyclic) bond motifs is 3. The summed E-state index contributed by atoms with van der Waals surface area (Å²) in [6.45, 7) is 0. The zero-order chi connectivity index (χ0) is 16.0. The highest BCUT2D eigenvalue weighted by atomic mass is 32.1. The summed E-state index contributed by atoms with van der Waals surface area (Å²) in [4.78, 5) is 27.0. The Labute approximate surface area is 133 Å². The predicted molar refractivity (Wildman–Crippen MR) is 88.9 cm³/mol. The second kappa shape index (κ2) is 4.99. The number of benzene rings is 2. The maximum Gasteiger partial charge on any atom is 0.274 e. The monoisotopic (exact) mass is 323 g/mol. The van der Waals surface area contributed by atoms with Gasteiger partial charge in [-0.05, 0) is 11.6 Å². The molecule has 2 heterocycles. The maximum absolute atomic E-state index is 11.9. The Bertz CT molecular complexity index is 1120. The summed E-state index contributed by atoms with van der Waals surface area (Å²) in [7, 11) is 0. The fourth-order valence-electron chi connectivity index (χ4n) is 2.56. The van der Waals surface area contributed by atoms with E-state index < -0.39 is 4.92 Å². The van der Waals surface area contributed by atoms with Crippen LogP contribution in [0.1, 0.15) is 0 Å². The number of hydrogen-bond acceptors (Lipinski definition) is 5. The molecular weight excluding hydrogens is 314 g/mol. The molecule has 4 rings (SSSR count). The molecule has 0 bridgehead atoms. The molecule has 23 heavy (non-hydrogen) atoms. The Morgan fingerprint density at radius 2 is 1.87 bits per heavy atom. The lowest BCUT2D eigenvalue weighted by Gasteiger charge is -2.05. The van der Waals surface area contributed by atoms with Crippen LogP contribution in [-0.4, -0.2) is 14.3 Å². The van der Waals surface area contributed by atoms with E-state index in [1.165, 1.54) is 29.5 Å². The lowest BCUT2D eigenvalue weighted by Crippen LogP contribution is -2.08. The summed E-state index contributed by atoms with van der Waals surface area (Å²) in [6, 6.07) is 15.7. The first kappa shape index (κ1) is 13.6. The van der Waals surface area contributed by atoms with E-state index in [-0.39, 0.29) is 11.2 Å². The molecule has 4 aromatic rings. The number of thiazole rings is 1. The van der Waals surface area contributed by atoms with Crippen LogP contribution >= 0.6 is 11.3 Å². The lowest BCUT2D eigenvalue weighted by molar-refractivity contribution is -0.384. The number of nitrogens with zero attached hydrogens (tertiary/aromatic N) is 3. The first-order chi connectivity index (χ1) is 11.1. The average Bonchev–Trinajstić information content (AvgIpc) is 2.91. The Morgan fingerprint density at radius 1 is 1.09 bits per heavy atom. The first-order valence-corrected chi connectivity index (χ1v) is 7.61. The zero-order valence-corrected chi connectivity index (χ0v) is 12.5. The molecule has 0 N–H and O–H groups in total. The van der Waals surface area contributed by atoms with Crippen LogP contribution in [0.5, 0.6) is 0 Å². The number of rotatable bonds is 2. The van der Waals surface area contributed by atoms with E-state index >= 15 is 0 Å².